The van der Waals surface area contributed by atoms with E-state index in [2.05, 4.69) is 15.8 Å². The first-order valence-corrected chi connectivity index (χ1v) is 12.5. The van der Waals surface area contributed by atoms with Crippen molar-refractivity contribution in [3.05, 3.63) is 101 Å². The van der Waals surface area contributed by atoms with Gasteiger partial charge in [-0.15, -0.1) is 0 Å². The Balaban J connectivity index is 1.53. The summed E-state index contributed by atoms with van der Waals surface area (Å²) in [7, 11) is -3.75. The number of benzene rings is 2. The molecule has 0 bridgehead atoms. The average Bonchev–Trinajstić information content (AvgIpc) is 3.20. The standard InChI is InChI=1S/C26H25FN2O4S/c27-22-9-11-24(12-10-22)34(32,33)29-23-15-18-7-8-19(14-21(18)16-23)25(5-1-2-6-26(30)31)20-4-3-13-28-17-20/h3-5,7-14,17,23,29H,1-2,6,15-16H2,(H,30,31). The summed E-state index contributed by atoms with van der Waals surface area (Å²) in [6.07, 6.45) is 7.89. The van der Waals surface area contributed by atoms with E-state index >= 15 is 0 Å². The maximum atomic E-state index is 13.2. The van der Waals surface area contributed by atoms with Crippen LogP contribution in [0.4, 0.5) is 4.39 Å². The largest absolute Gasteiger partial charge is 0.481 e. The Morgan fingerprint density at radius 2 is 1.85 bits per heavy atom. The number of unbranched alkanes of at least 4 members (excludes halogenated alkanes) is 1. The minimum absolute atomic E-state index is 0.0358. The molecular formula is C26H25FN2O4S. The number of aliphatic carboxylic acids is 1. The number of carboxylic acid groups (broad SMARTS) is 1. The number of carboxylic acids is 1. The molecule has 6 nitrogen and oxygen atoms in total. The van der Waals surface area contributed by atoms with E-state index in [-0.39, 0.29) is 17.4 Å². The van der Waals surface area contributed by atoms with Crippen molar-refractivity contribution in [2.45, 2.75) is 43.0 Å². The van der Waals surface area contributed by atoms with Crippen LogP contribution in [0.15, 0.2) is 78.0 Å². The van der Waals surface area contributed by atoms with E-state index in [9.17, 15) is 17.6 Å². The van der Waals surface area contributed by atoms with Crippen molar-refractivity contribution < 1.29 is 22.7 Å². The van der Waals surface area contributed by atoms with Crippen LogP contribution in [0.1, 0.15) is 41.5 Å². The molecule has 1 heterocycles. The molecule has 2 N–H and O–H groups in total. The molecule has 8 heteroatoms. The van der Waals surface area contributed by atoms with Crippen molar-refractivity contribution in [3.8, 4) is 0 Å². The lowest BCUT2D eigenvalue weighted by molar-refractivity contribution is -0.137. The van der Waals surface area contributed by atoms with Crippen LogP contribution >= 0.6 is 0 Å². The fourth-order valence-electron chi connectivity index (χ4n) is 4.19. The summed E-state index contributed by atoms with van der Waals surface area (Å²) in [6.45, 7) is 0. The van der Waals surface area contributed by atoms with Gasteiger partial charge in [-0.25, -0.2) is 17.5 Å². The molecule has 0 spiro atoms. The monoisotopic (exact) mass is 480 g/mol. The first-order chi connectivity index (χ1) is 16.3. The van der Waals surface area contributed by atoms with Crippen LogP contribution in [-0.4, -0.2) is 30.5 Å². The fourth-order valence-corrected chi connectivity index (χ4v) is 5.43. The highest BCUT2D eigenvalue weighted by molar-refractivity contribution is 7.89. The van der Waals surface area contributed by atoms with Crippen LogP contribution < -0.4 is 4.72 Å². The summed E-state index contributed by atoms with van der Waals surface area (Å²) >= 11 is 0. The Kier molecular flexibility index (Phi) is 7.19. The molecule has 0 saturated carbocycles. The quantitative estimate of drug-likeness (QED) is 0.444. The summed E-state index contributed by atoms with van der Waals surface area (Å²) in [6, 6.07) is 14.4. The topological polar surface area (TPSA) is 96.4 Å². The second kappa shape index (κ2) is 10.3. The molecule has 0 saturated heterocycles. The van der Waals surface area contributed by atoms with Gasteiger partial charge in [0.1, 0.15) is 5.82 Å². The number of hydrogen-bond acceptors (Lipinski definition) is 4. The Morgan fingerprint density at radius 1 is 1.09 bits per heavy atom. The van der Waals surface area contributed by atoms with Gasteiger partial charge in [0.2, 0.25) is 10.0 Å². The van der Waals surface area contributed by atoms with Gasteiger partial charge in [-0.2, -0.15) is 0 Å². The summed E-state index contributed by atoms with van der Waals surface area (Å²) in [4.78, 5) is 15.1. The van der Waals surface area contributed by atoms with E-state index in [1.165, 1.54) is 12.1 Å². The van der Waals surface area contributed by atoms with Gasteiger partial charge < -0.3 is 5.11 Å². The van der Waals surface area contributed by atoms with Crippen LogP contribution in [0.3, 0.4) is 0 Å². The zero-order chi connectivity index (χ0) is 24.1. The maximum absolute atomic E-state index is 13.2. The molecule has 4 rings (SSSR count). The highest BCUT2D eigenvalue weighted by atomic mass is 32.2. The number of halogens is 1. The number of carbonyl (C=O) groups is 1. The third-order valence-corrected chi connectivity index (χ3v) is 7.35. The van der Waals surface area contributed by atoms with Gasteiger partial charge in [0, 0.05) is 30.4 Å². The summed E-state index contributed by atoms with van der Waals surface area (Å²) < 4.78 is 41.3. The third kappa shape index (κ3) is 5.76. The summed E-state index contributed by atoms with van der Waals surface area (Å²) in [5, 5.41) is 8.91. The Bertz CT molecular complexity index is 1310. The predicted molar refractivity (Wildman–Crippen MR) is 127 cm³/mol. The summed E-state index contributed by atoms with van der Waals surface area (Å²) in [5.41, 5.74) is 5.02. The number of aromatic nitrogens is 1. The second-order valence-electron chi connectivity index (χ2n) is 8.31. The normalized spacial score (nSPS) is 15.8. The molecule has 1 atom stereocenters. The van der Waals surface area contributed by atoms with E-state index < -0.39 is 21.8 Å². The zero-order valence-electron chi connectivity index (χ0n) is 18.4. The molecule has 0 fully saturated rings. The summed E-state index contributed by atoms with van der Waals surface area (Å²) in [5.74, 6) is -1.30. The average molecular weight is 481 g/mol. The zero-order valence-corrected chi connectivity index (χ0v) is 19.3. The van der Waals surface area contributed by atoms with Crippen LogP contribution in [-0.2, 0) is 27.7 Å². The van der Waals surface area contributed by atoms with Crippen molar-refractivity contribution in [3.63, 3.8) is 0 Å². The molecule has 0 amide bonds. The minimum Gasteiger partial charge on any atom is -0.481 e. The highest BCUT2D eigenvalue weighted by Gasteiger charge is 2.27. The van der Waals surface area contributed by atoms with Crippen LogP contribution in [0.2, 0.25) is 0 Å². The molecule has 1 aromatic heterocycles. The smallest absolute Gasteiger partial charge is 0.303 e. The molecular weight excluding hydrogens is 455 g/mol. The van der Waals surface area contributed by atoms with Crippen LogP contribution in [0.25, 0.3) is 5.57 Å². The van der Waals surface area contributed by atoms with E-state index in [4.69, 9.17) is 5.11 Å². The van der Waals surface area contributed by atoms with Crippen LogP contribution in [0, 0.1) is 5.82 Å². The SMILES string of the molecule is O=C(O)CCCC=C(c1cccnc1)c1ccc2c(c1)CC(NS(=O)(=O)c1ccc(F)cc1)C2. The van der Waals surface area contributed by atoms with Gasteiger partial charge in [0.05, 0.1) is 4.90 Å². The van der Waals surface area contributed by atoms with Crippen molar-refractivity contribution in [1.29, 1.82) is 0 Å². The van der Waals surface area contributed by atoms with E-state index in [1.807, 2.05) is 30.3 Å². The minimum atomic E-state index is -3.75. The maximum Gasteiger partial charge on any atom is 0.303 e. The number of sulfonamides is 1. The number of allylic oxidation sites excluding steroid dienone is 1. The first kappa shape index (κ1) is 23.8. The van der Waals surface area contributed by atoms with Gasteiger partial charge in [-0.3, -0.25) is 9.78 Å². The van der Waals surface area contributed by atoms with Crippen LogP contribution in [0.5, 0.6) is 0 Å². The van der Waals surface area contributed by atoms with Gasteiger partial charge in [-0.05, 0) is 78.3 Å². The third-order valence-electron chi connectivity index (χ3n) is 5.81. The lowest BCUT2D eigenvalue weighted by atomic mass is 9.95. The number of nitrogens with zero attached hydrogens (tertiary/aromatic N) is 1. The molecule has 0 radical (unpaired) electrons. The molecule has 34 heavy (non-hydrogen) atoms. The molecule has 176 valence electrons. The molecule has 0 aliphatic heterocycles. The Hall–Kier alpha value is -3.36. The molecule has 1 aliphatic carbocycles. The van der Waals surface area contributed by atoms with Gasteiger partial charge >= 0.3 is 5.97 Å². The number of nitrogens with one attached hydrogen (secondary N) is 1. The van der Waals surface area contributed by atoms with Crippen molar-refractivity contribution in [1.82, 2.24) is 9.71 Å². The number of hydrogen-bond donors (Lipinski definition) is 2. The molecule has 1 aliphatic rings. The van der Waals surface area contributed by atoms with Crippen molar-refractivity contribution >= 4 is 21.6 Å². The van der Waals surface area contributed by atoms with Gasteiger partial charge in [-0.1, -0.05) is 30.3 Å². The molecule has 2 aromatic carbocycles. The van der Waals surface area contributed by atoms with Gasteiger partial charge in [0.15, 0.2) is 0 Å². The lowest BCUT2D eigenvalue weighted by Crippen LogP contribution is -2.35. The number of pyridine rings is 1. The van der Waals surface area contributed by atoms with E-state index in [0.29, 0.717) is 25.7 Å². The van der Waals surface area contributed by atoms with Crippen molar-refractivity contribution in [2.75, 3.05) is 0 Å². The predicted octanol–water partition coefficient (Wildman–Crippen LogP) is 4.35. The van der Waals surface area contributed by atoms with E-state index in [1.54, 1.807) is 12.4 Å². The number of fused-ring (bicyclic) bond motifs is 1. The fraction of sp³-hybridized carbons (Fsp3) is 0.231. The van der Waals surface area contributed by atoms with Gasteiger partial charge in [0.25, 0.3) is 0 Å². The first-order valence-electron chi connectivity index (χ1n) is 11.0. The second-order valence-corrected chi connectivity index (χ2v) is 10.0. The highest BCUT2D eigenvalue weighted by Crippen LogP contribution is 2.30. The van der Waals surface area contributed by atoms with E-state index in [0.717, 1.165) is 40.0 Å². The Labute approximate surface area is 198 Å². The molecule has 1 unspecified atom stereocenters. The lowest BCUT2D eigenvalue weighted by Gasteiger charge is -2.12. The van der Waals surface area contributed by atoms with Crippen molar-refractivity contribution in [2.24, 2.45) is 0 Å². The number of rotatable bonds is 9. The molecule has 3 aromatic rings. The Morgan fingerprint density at radius 3 is 2.56 bits per heavy atom.